The summed E-state index contributed by atoms with van der Waals surface area (Å²) in [5, 5.41) is 14.0. The molecule has 0 aromatic heterocycles. The van der Waals surface area contributed by atoms with Crippen LogP contribution in [0, 0.1) is 23.0 Å². The van der Waals surface area contributed by atoms with E-state index in [0.717, 1.165) is 18.7 Å². The van der Waals surface area contributed by atoms with Crippen LogP contribution in [0.5, 0.6) is 0 Å². The van der Waals surface area contributed by atoms with Gasteiger partial charge in [-0.25, -0.2) is 0 Å². The molecule has 0 radical (unpaired) electrons. The molecule has 0 aliphatic carbocycles. The van der Waals surface area contributed by atoms with Crippen molar-refractivity contribution in [2.45, 2.75) is 39.7 Å². The lowest BCUT2D eigenvalue weighted by Gasteiger charge is -2.33. The van der Waals surface area contributed by atoms with Gasteiger partial charge in [0.25, 0.3) is 11.6 Å². The fourth-order valence-electron chi connectivity index (χ4n) is 3.71. The van der Waals surface area contributed by atoms with Crippen LogP contribution in [-0.2, 0) is 0 Å². The first-order valence-corrected chi connectivity index (χ1v) is 9.76. The van der Waals surface area contributed by atoms with Crippen LogP contribution in [0.25, 0.3) is 0 Å². The third kappa shape index (κ3) is 4.50. The molecule has 2 atom stereocenters. The molecule has 1 amide bonds. The van der Waals surface area contributed by atoms with E-state index in [1.165, 1.54) is 24.6 Å². The van der Waals surface area contributed by atoms with Crippen molar-refractivity contribution in [2.24, 2.45) is 5.92 Å². The van der Waals surface area contributed by atoms with Crippen LogP contribution in [0.2, 0.25) is 0 Å². The van der Waals surface area contributed by atoms with Gasteiger partial charge in [-0.1, -0.05) is 25.1 Å². The minimum absolute atomic E-state index is 0.0413. The van der Waals surface area contributed by atoms with E-state index in [1.54, 1.807) is 19.1 Å². The number of piperidine rings is 1. The Balaban J connectivity index is 1.67. The maximum atomic E-state index is 12.5. The van der Waals surface area contributed by atoms with Crippen molar-refractivity contribution in [1.29, 1.82) is 0 Å². The van der Waals surface area contributed by atoms with E-state index in [1.807, 2.05) is 19.1 Å². The van der Waals surface area contributed by atoms with E-state index in [4.69, 9.17) is 0 Å². The lowest BCUT2D eigenvalue weighted by atomic mass is 9.99. The van der Waals surface area contributed by atoms with Crippen molar-refractivity contribution >= 4 is 17.3 Å². The SMILES string of the molecule is Cc1ccc(C(=O)N[C@@H](C)c2ccc(N3CCC[C@@H](C)C3)cc2)cc1[N+](=O)[O-]. The normalized spacial score (nSPS) is 17.8. The Labute approximate surface area is 165 Å². The predicted octanol–water partition coefficient (Wildman–Crippen LogP) is 4.63. The van der Waals surface area contributed by atoms with Gasteiger partial charge in [0.2, 0.25) is 0 Å². The summed E-state index contributed by atoms with van der Waals surface area (Å²) in [6.07, 6.45) is 2.51. The molecule has 2 aromatic rings. The summed E-state index contributed by atoms with van der Waals surface area (Å²) in [5.74, 6) is 0.398. The first-order valence-electron chi connectivity index (χ1n) is 9.76. The third-order valence-electron chi connectivity index (χ3n) is 5.43. The number of carbonyl (C=O) groups is 1. The fraction of sp³-hybridized carbons (Fsp3) is 0.409. The van der Waals surface area contributed by atoms with Crippen molar-refractivity contribution < 1.29 is 9.72 Å². The van der Waals surface area contributed by atoms with E-state index in [-0.39, 0.29) is 17.6 Å². The molecule has 1 aliphatic rings. The molecule has 148 valence electrons. The summed E-state index contributed by atoms with van der Waals surface area (Å²) in [4.78, 5) is 25.6. The Morgan fingerprint density at radius 2 is 1.96 bits per heavy atom. The molecular weight excluding hydrogens is 354 g/mol. The Morgan fingerprint density at radius 3 is 2.61 bits per heavy atom. The van der Waals surface area contributed by atoms with Gasteiger partial charge in [0.15, 0.2) is 0 Å². The highest BCUT2D eigenvalue weighted by atomic mass is 16.6. The van der Waals surface area contributed by atoms with Gasteiger partial charge in [-0.15, -0.1) is 0 Å². The number of anilines is 1. The maximum absolute atomic E-state index is 12.5. The predicted molar refractivity (Wildman–Crippen MR) is 111 cm³/mol. The quantitative estimate of drug-likeness (QED) is 0.605. The molecule has 6 nitrogen and oxygen atoms in total. The molecule has 0 unspecified atom stereocenters. The second kappa shape index (κ2) is 8.42. The van der Waals surface area contributed by atoms with Crippen LogP contribution in [-0.4, -0.2) is 23.9 Å². The highest BCUT2D eigenvalue weighted by Gasteiger charge is 2.19. The van der Waals surface area contributed by atoms with Crippen molar-refractivity contribution in [1.82, 2.24) is 5.32 Å². The van der Waals surface area contributed by atoms with Gasteiger partial charge in [-0.3, -0.25) is 14.9 Å². The Hall–Kier alpha value is -2.89. The molecule has 1 fully saturated rings. The number of carbonyl (C=O) groups excluding carboxylic acids is 1. The zero-order chi connectivity index (χ0) is 20.3. The second-order valence-electron chi connectivity index (χ2n) is 7.74. The van der Waals surface area contributed by atoms with Crippen molar-refractivity contribution in [3.8, 4) is 0 Å². The largest absolute Gasteiger partial charge is 0.371 e. The van der Waals surface area contributed by atoms with Crippen LogP contribution < -0.4 is 10.2 Å². The molecule has 28 heavy (non-hydrogen) atoms. The molecule has 1 heterocycles. The highest BCUT2D eigenvalue weighted by Crippen LogP contribution is 2.25. The first-order chi connectivity index (χ1) is 13.3. The minimum atomic E-state index is -0.463. The number of amides is 1. The van der Waals surface area contributed by atoms with Crippen LogP contribution in [0.15, 0.2) is 42.5 Å². The summed E-state index contributed by atoms with van der Waals surface area (Å²) >= 11 is 0. The Morgan fingerprint density at radius 1 is 1.25 bits per heavy atom. The number of rotatable bonds is 5. The number of hydrogen-bond acceptors (Lipinski definition) is 4. The fourth-order valence-corrected chi connectivity index (χ4v) is 3.71. The standard InChI is InChI=1S/C22H27N3O3/c1-15-5-4-12-24(14-15)20-10-8-18(9-11-20)17(3)23-22(26)19-7-6-16(2)21(13-19)25(27)28/h6-11,13,15,17H,4-5,12,14H2,1-3H3,(H,23,26)/t15-,17+/m1/s1. The number of nitro groups is 1. The van der Waals surface area contributed by atoms with E-state index >= 15 is 0 Å². The number of nitrogens with zero attached hydrogens (tertiary/aromatic N) is 2. The van der Waals surface area contributed by atoms with Gasteiger partial charge in [-0.2, -0.15) is 0 Å². The molecule has 0 bridgehead atoms. The zero-order valence-electron chi connectivity index (χ0n) is 16.6. The zero-order valence-corrected chi connectivity index (χ0v) is 16.6. The Kier molecular flexibility index (Phi) is 5.97. The molecule has 0 saturated carbocycles. The van der Waals surface area contributed by atoms with Crippen LogP contribution in [0.3, 0.4) is 0 Å². The first kappa shape index (κ1) is 19.9. The minimum Gasteiger partial charge on any atom is -0.371 e. The average molecular weight is 381 g/mol. The van der Waals surface area contributed by atoms with E-state index in [9.17, 15) is 14.9 Å². The number of nitro benzene ring substituents is 1. The monoisotopic (exact) mass is 381 g/mol. The third-order valence-corrected chi connectivity index (χ3v) is 5.43. The highest BCUT2D eigenvalue weighted by molar-refractivity contribution is 5.95. The number of aryl methyl sites for hydroxylation is 1. The van der Waals surface area contributed by atoms with Crippen molar-refractivity contribution in [3.05, 3.63) is 69.3 Å². The molecule has 1 N–H and O–H groups in total. The molecular formula is C22H27N3O3. The van der Waals surface area contributed by atoms with Crippen molar-refractivity contribution in [2.75, 3.05) is 18.0 Å². The molecule has 3 rings (SSSR count). The van der Waals surface area contributed by atoms with E-state index in [0.29, 0.717) is 17.0 Å². The molecule has 1 aliphatic heterocycles. The van der Waals surface area contributed by atoms with Crippen LogP contribution >= 0.6 is 0 Å². The lowest BCUT2D eigenvalue weighted by Crippen LogP contribution is -2.34. The van der Waals surface area contributed by atoms with Crippen molar-refractivity contribution in [3.63, 3.8) is 0 Å². The Bertz CT molecular complexity index is 864. The molecule has 1 saturated heterocycles. The van der Waals surface area contributed by atoms with E-state index in [2.05, 4.69) is 29.3 Å². The smallest absolute Gasteiger partial charge is 0.273 e. The second-order valence-corrected chi connectivity index (χ2v) is 7.74. The number of benzene rings is 2. The lowest BCUT2D eigenvalue weighted by molar-refractivity contribution is -0.385. The molecule has 2 aromatic carbocycles. The van der Waals surface area contributed by atoms with Gasteiger partial charge in [0.1, 0.15) is 0 Å². The number of nitrogens with one attached hydrogen (secondary N) is 1. The van der Waals surface area contributed by atoms with Gasteiger partial charge < -0.3 is 10.2 Å². The molecule has 6 heteroatoms. The van der Waals surface area contributed by atoms with Gasteiger partial charge in [0.05, 0.1) is 11.0 Å². The van der Waals surface area contributed by atoms with Gasteiger partial charge in [0, 0.05) is 36.0 Å². The summed E-state index contributed by atoms with van der Waals surface area (Å²) in [7, 11) is 0. The topological polar surface area (TPSA) is 75.5 Å². The van der Waals surface area contributed by atoms with Crippen LogP contribution in [0.4, 0.5) is 11.4 Å². The average Bonchev–Trinajstić information content (AvgIpc) is 2.68. The van der Waals surface area contributed by atoms with E-state index < -0.39 is 4.92 Å². The van der Waals surface area contributed by atoms with Gasteiger partial charge >= 0.3 is 0 Å². The summed E-state index contributed by atoms with van der Waals surface area (Å²) in [6, 6.07) is 12.6. The summed E-state index contributed by atoms with van der Waals surface area (Å²) < 4.78 is 0. The van der Waals surface area contributed by atoms with Crippen LogP contribution in [0.1, 0.15) is 54.2 Å². The van der Waals surface area contributed by atoms with Gasteiger partial charge in [-0.05, 0) is 56.4 Å². The maximum Gasteiger partial charge on any atom is 0.273 e. The number of hydrogen-bond donors (Lipinski definition) is 1. The molecule has 0 spiro atoms. The summed E-state index contributed by atoms with van der Waals surface area (Å²) in [5.41, 5.74) is 3.01. The summed E-state index contributed by atoms with van der Waals surface area (Å²) in [6.45, 7) is 8.03.